The van der Waals surface area contributed by atoms with Crippen LogP contribution in [0.5, 0.6) is 0 Å². The van der Waals surface area contributed by atoms with Crippen LogP contribution in [0.2, 0.25) is 0 Å². The molecule has 1 heterocycles. The first kappa shape index (κ1) is 85.5. The van der Waals surface area contributed by atoms with Gasteiger partial charge in [0.05, 0.1) is 62.3 Å². The van der Waals surface area contributed by atoms with E-state index in [-0.39, 0.29) is 67.5 Å². The summed E-state index contributed by atoms with van der Waals surface area (Å²) in [6.45, 7) is 35.9. The van der Waals surface area contributed by atoms with E-state index in [4.69, 9.17) is 22.6 Å². The standard InChI is InChI=1S/C24H42N6O4.C10H19N3O2.C7H17N3O.2C4H11N.2C2H6.CH4N2/c1-7-19(8-2)28-18(5)21-10-9-11-30(21)24(34)15-27-23(33)14-26-16(3)17(4)29-22(32)12-20(31)13-25-6;1-8(14)9(5-4-6-11-2)13-10(15)7-12-3;1-10-5-3-2-4-6(8)7(9)11;1-3-4-5-2;1-2-3-4-5;2*1-2;2-1-3/h7,17,19-21,25-26,28,31H,1,3,5,8-15H2,2,4,6H3,(H,27,33)(H,29,32);5,11-12,14H,1,4,6-7H2,2-3H3,(H,13,15);6,10H,2-5,8H2,1H3,(H2,9,11);5H,3-4H2,1-2H3;2-5H2,1H3;2*1-2H3;1H,(H3,2,3)/b;9-5-;;;;;;. The zero-order valence-electron chi connectivity index (χ0n) is 50.3. The number of nitrogens with zero attached hydrogens (tertiary/aromatic N) is 1. The van der Waals surface area contributed by atoms with E-state index >= 15 is 0 Å². The number of hydrogen-bond acceptors (Lipinski definition) is 17. The number of nitrogens with two attached hydrogens (primary N) is 4. The number of primary amides is 1. The fourth-order valence-corrected chi connectivity index (χ4v) is 5.90. The second kappa shape index (κ2) is 64.9. The van der Waals surface area contributed by atoms with E-state index < -0.39 is 24.1 Å². The second-order valence-corrected chi connectivity index (χ2v) is 16.6. The van der Waals surface area contributed by atoms with Crippen LogP contribution in [0, 0.1) is 5.41 Å². The lowest BCUT2D eigenvalue weighted by Gasteiger charge is -2.29. The molecule has 5 amide bonds. The maximum absolute atomic E-state index is 12.7. The number of nitrogens with one attached hydrogen (secondary N) is 11. The van der Waals surface area contributed by atoms with Gasteiger partial charge in [-0.3, -0.25) is 29.4 Å². The molecule has 21 N–H and O–H groups in total. The molecule has 1 rings (SSSR count). The third-order valence-electron chi connectivity index (χ3n) is 10.0. The molecule has 0 aromatic rings. The highest BCUT2D eigenvalue weighted by molar-refractivity contribution is 5.86. The number of aliphatic hydroxyl groups is 2. The highest BCUT2D eigenvalue weighted by Gasteiger charge is 2.31. The van der Waals surface area contributed by atoms with Crippen LogP contribution in [-0.2, 0) is 24.0 Å². The number of rotatable bonds is 33. The first-order chi connectivity index (χ1) is 36.7. The number of unbranched alkanes of at least 4 members (excludes halogenated alkanes) is 2. The Bertz CT molecular complexity index is 1530. The van der Waals surface area contributed by atoms with Crippen molar-refractivity contribution < 1.29 is 34.2 Å². The lowest BCUT2D eigenvalue weighted by molar-refractivity contribution is -0.133. The van der Waals surface area contributed by atoms with E-state index in [1.165, 1.54) is 19.3 Å². The van der Waals surface area contributed by atoms with Gasteiger partial charge in [0.15, 0.2) is 0 Å². The Morgan fingerprint density at radius 2 is 1.38 bits per heavy atom. The van der Waals surface area contributed by atoms with Crippen molar-refractivity contribution in [1.29, 1.82) is 5.41 Å². The zero-order chi connectivity index (χ0) is 61.0. The first-order valence-electron chi connectivity index (χ1n) is 27.3. The molecule has 77 heavy (non-hydrogen) atoms. The fraction of sp³-hybridized carbons (Fsp3) is 0.704. The quantitative estimate of drug-likeness (QED) is 0.0111. The predicted molar refractivity (Wildman–Crippen MR) is 323 cm³/mol. The van der Waals surface area contributed by atoms with Crippen LogP contribution in [0.25, 0.3) is 0 Å². The largest absolute Gasteiger partial charge is 0.506 e. The lowest BCUT2D eigenvalue weighted by atomic mass is 10.1. The summed E-state index contributed by atoms with van der Waals surface area (Å²) in [5.74, 6) is -1.58. The summed E-state index contributed by atoms with van der Waals surface area (Å²) in [7, 11) is 9.06. The maximum Gasteiger partial charge on any atom is 0.242 e. The van der Waals surface area contributed by atoms with Gasteiger partial charge in [0, 0.05) is 30.5 Å². The highest BCUT2D eigenvalue weighted by Crippen LogP contribution is 2.22. The van der Waals surface area contributed by atoms with E-state index in [0.717, 1.165) is 70.3 Å². The molecule has 1 saturated heterocycles. The SMILES string of the molecule is C=C(O)/C(=C/CCNC)NC(=O)CNC.C=CC(CC)NC(=C)C1CCCN1C(=O)CNC(=O)CNC(=C)C(C)NC(=O)CC(O)CNC.CC.CC.CCCCN.CCCNC.CNCCCCC(N)C(N)=O.N=CN. The summed E-state index contributed by atoms with van der Waals surface area (Å²) in [5.41, 5.74) is 21.5. The Balaban J connectivity index is -0.000000187. The summed E-state index contributed by atoms with van der Waals surface area (Å²) in [5, 5.41) is 53.3. The van der Waals surface area contributed by atoms with Crippen molar-refractivity contribution in [1.82, 2.24) is 58.1 Å². The van der Waals surface area contributed by atoms with Gasteiger partial charge in [0.1, 0.15) is 5.76 Å². The topological polar surface area (TPSA) is 377 Å². The number of carbonyl (C=O) groups is 5. The third-order valence-corrected chi connectivity index (χ3v) is 10.0. The van der Waals surface area contributed by atoms with E-state index in [1.807, 2.05) is 61.8 Å². The molecule has 1 fully saturated rings. The van der Waals surface area contributed by atoms with Gasteiger partial charge >= 0.3 is 0 Å². The lowest BCUT2D eigenvalue weighted by Crippen LogP contribution is -2.47. The van der Waals surface area contributed by atoms with Crippen LogP contribution in [0.15, 0.2) is 61.3 Å². The molecule has 0 aliphatic carbocycles. The Kier molecular flexibility index (Phi) is 72.1. The van der Waals surface area contributed by atoms with Crippen molar-refractivity contribution in [2.75, 3.05) is 94.1 Å². The Morgan fingerprint density at radius 1 is 0.792 bits per heavy atom. The van der Waals surface area contributed by atoms with Crippen molar-refractivity contribution >= 4 is 35.9 Å². The van der Waals surface area contributed by atoms with E-state index in [1.54, 1.807) is 32.0 Å². The number of likely N-dealkylation sites (tertiary alicyclic amines) is 1. The van der Waals surface area contributed by atoms with Gasteiger partial charge < -0.3 is 91.2 Å². The van der Waals surface area contributed by atoms with Gasteiger partial charge in [-0.05, 0) is 120 Å². The van der Waals surface area contributed by atoms with Gasteiger partial charge in [-0.1, -0.05) is 93.2 Å². The summed E-state index contributed by atoms with van der Waals surface area (Å²) in [4.78, 5) is 60.3. The molecule has 454 valence electrons. The minimum atomic E-state index is -0.778. The van der Waals surface area contributed by atoms with E-state index in [2.05, 4.69) is 99.1 Å². The highest BCUT2D eigenvalue weighted by atomic mass is 16.3. The van der Waals surface area contributed by atoms with Gasteiger partial charge in [0.2, 0.25) is 29.5 Å². The number of likely N-dealkylation sites (N-methyl/N-ethyl adjacent to an activating group) is 2. The van der Waals surface area contributed by atoms with Crippen molar-refractivity contribution in [3.8, 4) is 0 Å². The number of amides is 5. The van der Waals surface area contributed by atoms with Crippen LogP contribution in [0.4, 0.5) is 0 Å². The monoisotopic (exact) mass is 1100 g/mol. The molecule has 5 atom stereocenters. The normalized spacial score (nSPS) is 13.3. The summed E-state index contributed by atoms with van der Waals surface area (Å²) >= 11 is 0. The molecule has 0 bridgehead atoms. The molecule has 0 aromatic carbocycles. The molecular formula is C54H116N16O7. The Morgan fingerprint density at radius 3 is 1.81 bits per heavy atom. The zero-order valence-corrected chi connectivity index (χ0v) is 50.3. The minimum absolute atomic E-state index is 0.0345. The molecule has 5 unspecified atom stereocenters. The van der Waals surface area contributed by atoms with E-state index in [0.29, 0.717) is 37.3 Å². The van der Waals surface area contributed by atoms with Crippen LogP contribution in [0.1, 0.15) is 126 Å². The first-order valence-corrected chi connectivity index (χ1v) is 27.3. The van der Waals surface area contributed by atoms with Crippen LogP contribution < -0.4 is 76.1 Å². The average Bonchev–Trinajstić information content (AvgIpc) is 3.91. The van der Waals surface area contributed by atoms with Gasteiger partial charge in [-0.25, -0.2) is 0 Å². The minimum Gasteiger partial charge on any atom is -0.506 e. The molecular weight excluding hydrogens is 985 g/mol. The molecule has 23 nitrogen and oxygen atoms in total. The molecule has 1 aliphatic rings. The smallest absolute Gasteiger partial charge is 0.242 e. The Hall–Kier alpha value is -5.40. The Labute approximate surface area is 466 Å². The molecule has 0 radical (unpaired) electrons. The molecule has 23 heteroatoms. The van der Waals surface area contributed by atoms with Crippen molar-refractivity contribution in [2.24, 2.45) is 22.9 Å². The van der Waals surface area contributed by atoms with Gasteiger partial charge in [0.25, 0.3) is 0 Å². The number of hydrogen-bond donors (Lipinski definition) is 17. The van der Waals surface area contributed by atoms with E-state index in [9.17, 15) is 34.2 Å². The summed E-state index contributed by atoms with van der Waals surface area (Å²) in [6.07, 6.45) is 13.1. The average molecular weight is 1100 g/mol. The molecule has 0 spiro atoms. The number of carbonyl (C=O) groups excluding carboxylic acids is 5. The predicted octanol–water partition coefficient (Wildman–Crippen LogP) is 1.78. The maximum atomic E-state index is 12.7. The van der Waals surface area contributed by atoms with Gasteiger partial charge in [-0.15, -0.1) is 6.58 Å². The third kappa shape index (κ3) is 58.1. The summed E-state index contributed by atoms with van der Waals surface area (Å²) in [6, 6.07) is -0.899. The van der Waals surface area contributed by atoms with Gasteiger partial charge in [-0.2, -0.15) is 0 Å². The van der Waals surface area contributed by atoms with Crippen molar-refractivity contribution in [2.45, 2.75) is 156 Å². The van der Waals surface area contributed by atoms with Crippen LogP contribution in [-0.4, -0.2) is 175 Å². The van der Waals surface area contributed by atoms with Crippen molar-refractivity contribution in [3.05, 3.63) is 61.3 Å². The van der Waals surface area contributed by atoms with Crippen LogP contribution in [0.3, 0.4) is 0 Å². The fourth-order valence-electron chi connectivity index (χ4n) is 5.90. The van der Waals surface area contributed by atoms with Crippen molar-refractivity contribution in [3.63, 3.8) is 0 Å². The molecule has 1 aliphatic heterocycles. The second-order valence-electron chi connectivity index (χ2n) is 16.6. The molecule has 0 aromatic heterocycles. The summed E-state index contributed by atoms with van der Waals surface area (Å²) < 4.78 is 0. The van der Waals surface area contributed by atoms with Crippen LogP contribution >= 0.6 is 0 Å². The molecule has 0 saturated carbocycles. The number of aliphatic hydroxyl groups excluding tert-OH is 2.